The molecule has 2 atom stereocenters. The molecule has 1 spiro atoms. The highest BCUT2D eigenvalue weighted by Gasteiger charge is 2.56. The van der Waals surface area contributed by atoms with E-state index < -0.39 is 12.1 Å². The van der Waals surface area contributed by atoms with Crippen molar-refractivity contribution in [2.24, 2.45) is 0 Å². The van der Waals surface area contributed by atoms with Gasteiger partial charge in [-0.2, -0.15) is 0 Å². The normalized spacial score (nSPS) is 22.7. The summed E-state index contributed by atoms with van der Waals surface area (Å²) in [5.74, 6) is 0.222. The number of phenols is 1. The second-order valence-electron chi connectivity index (χ2n) is 6.65. The Bertz CT molecular complexity index is 1060. The standard InChI is InChI=1S/C21H18O5/c1-11-9-12-7-8-14(22)19-17(12)16(10-11)25-21(19)13-5-4-6-15(23-2)18(13)20(24-3)26-21/h4-10,20,22H,1-3H3/t20-,21?/m0/s1. The number of methoxy groups -OCH3 is 2. The van der Waals surface area contributed by atoms with E-state index in [1.54, 1.807) is 20.3 Å². The van der Waals surface area contributed by atoms with Crippen molar-refractivity contribution >= 4 is 10.8 Å². The van der Waals surface area contributed by atoms with E-state index in [4.69, 9.17) is 18.9 Å². The SMILES string of the molecule is COc1cccc2c1[C@@H](OC)OC21Oc2cc(C)cc3ccc(O)c1c23. The van der Waals surface area contributed by atoms with E-state index in [2.05, 4.69) is 6.07 Å². The van der Waals surface area contributed by atoms with E-state index in [0.29, 0.717) is 17.1 Å². The maximum absolute atomic E-state index is 10.7. The van der Waals surface area contributed by atoms with Crippen LogP contribution in [0.3, 0.4) is 0 Å². The Morgan fingerprint density at radius 2 is 1.96 bits per heavy atom. The first-order chi connectivity index (χ1) is 12.6. The lowest BCUT2D eigenvalue weighted by atomic mass is 9.92. The van der Waals surface area contributed by atoms with Crippen LogP contribution < -0.4 is 9.47 Å². The molecule has 0 fully saturated rings. The molecule has 0 aliphatic carbocycles. The van der Waals surface area contributed by atoms with Crippen LogP contribution in [0.2, 0.25) is 0 Å². The Kier molecular flexibility index (Phi) is 3.05. The van der Waals surface area contributed by atoms with Crippen LogP contribution in [0, 0.1) is 6.92 Å². The number of fused-ring (bicyclic) bond motifs is 3. The van der Waals surface area contributed by atoms with Crippen LogP contribution >= 0.6 is 0 Å². The van der Waals surface area contributed by atoms with Crippen molar-refractivity contribution in [3.63, 3.8) is 0 Å². The van der Waals surface area contributed by atoms with Crippen molar-refractivity contribution in [1.82, 2.24) is 0 Å². The zero-order chi connectivity index (χ0) is 18.1. The van der Waals surface area contributed by atoms with E-state index in [1.165, 1.54) is 0 Å². The Morgan fingerprint density at radius 3 is 2.73 bits per heavy atom. The van der Waals surface area contributed by atoms with Crippen LogP contribution in [-0.4, -0.2) is 19.3 Å². The van der Waals surface area contributed by atoms with Gasteiger partial charge >= 0.3 is 0 Å². The molecule has 0 saturated carbocycles. The average molecular weight is 350 g/mol. The number of benzene rings is 3. The van der Waals surface area contributed by atoms with Crippen LogP contribution in [0.1, 0.15) is 28.5 Å². The first-order valence-corrected chi connectivity index (χ1v) is 8.43. The number of hydrogen-bond acceptors (Lipinski definition) is 5. The minimum absolute atomic E-state index is 0.130. The Morgan fingerprint density at radius 1 is 1.12 bits per heavy atom. The largest absolute Gasteiger partial charge is 0.507 e. The molecule has 1 N–H and O–H groups in total. The molecule has 0 amide bonds. The summed E-state index contributed by atoms with van der Waals surface area (Å²) in [6.07, 6.45) is -0.661. The maximum Gasteiger partial charge on any atom is 0.271 e. The maximum atomic E-state index is 10.7. The van der Waals surface area contributed by atoms with Gasteiger partial charge < -0.3 is 19.3 Å². The molecule has 0 saturated heterocycles. The molecule has 2 aliphatic heterocycles. The zero-order valence-electron chi connectivity index (χ0n) is 14.7. The van der Waals surface area contributed by atoms with Gasteiger partial charge in [0.1, 0.15) is 17.2 Å². The third-order valence-electron chi connectivity index (χ3n) is 5.15. The summed E-state index contributed by atoms with van der Waals surface area (Å²) in [6.45, 7) is 2.02. The molecule has 2 heterocycles. The lowest BCUT2D eigenvalue weighted by Gasteiger charge is -2.26. The minimum atomic E-state index is -1.26. The third-order valence-corrected chi connectivity index (χ3v) is 5.15. The molecule has 0 aromatic heterocycles. The Labute approximate surface area is 150 Å². The summed E-state index contributed by atoms with van der Waals surface area (Å²) in [7, 11) is 3.19. The van der Waals surface area contributed by atoms with Gasteiger partial charge in [-0.05, 0) is 36.1 Å². The van der Waals surface area contributed by atoms with Gasteiger partial charge in [0.15, 0.2) is 6.29 Å². The summed E-state index contributed by atoms with van der Waals surface area (Å²) in [4.78, 5) is 0. The van der Waals surface area contributed by atoms with Crippen LogP contribution in [0.25, 0.3) is 10.8 Å². The predicted octanol–water partition coefficient (Wildman–Crippen LogP) is 4.13. The number of hydrogen-bond donors (Lipinski definition) is 1. The first kappa shape index (κ1) is 15.5. The highest BCUT2D eigenvalue weighted by Crippen LogP contribution is 2.59. The van der Waals surface area contributed by atoms with Crippen LogP contribution in [0.4, 0.5) is 0 Å². The van der Waals surface area contributed by atoms with E-state index in [-0.39, 0.29) is 5.75 Å². The second kappa shape index (κ2) is 5.13. The van der Waals surface area contributed by atoms with Gasteiger partial charge in [0.2, 0.25) is 0 Å². The molecule has 5 nitrogen and oxygen atoms in total. The van der Waals surface area contributed by atoms with Gasteiger partial charge in [0, 0.05) is 18.1 Å². The summed E-state index contributed by atoms with van der Waals surface area (Å²) in [5, 5.41) is 12.6. The van der Waals surface area contributed by atoms with Crippen LogP contribution in [-0.2, 0) is 15.3 Å². The van der Waals surface area contributed by atoms with Gasteiger partial charge in [-0.25, -0.2) is 0 Å². The molecule has 3 aromatic carbocycles. The molecular formula is C21H18O5. The van der Waals surface area contributed by atoms with Crippen LogP contribution in [0.5, 0.6) is 17.2 Å². The van der Waals surface area contributed by atoms with Gasteiger partial charge in [0.05, 0.1) is 18.2 Å². The fourth-order valence-electron chi connectivity index (χ4n) is 4.14. The molecule has 0 radical (unpaired) electrons. The van der Waals surface area contributed by atoms with Crippen molar-refractivity contribution in [3.8, 4) is 17.2 Å². The zero-order valence-corrected chi connectivity index (χ0v) is 14.7. The molecule has 2 aliphatic rings. The summed E-state index contributed by atoms with van der Waals surface area (Å²) in [5.41, 5.74) is 3.24. The Balaban J connectivity index is 1.86. The number of rotatable bonds is 2. The van der Waals surface area contributed by atoms with E-state index in [9.17, 15) is 5.11 Å². The van der Waals surface area contributed by atoms with Gasteiger partial charge in [-0.3, -0.25) is 4.74 Å². The van der Waals surface area contributed by atoms with Crippen LogP contribution in [0.15, 0.2) is 42.5 Å². The van der Waals surface area contributed by atoms with Crippen molar-refractivity contribution in [1.29, 1.82) is 0 Å². The first-order valence-electron chi connectivity index (χ1n) is 8.43. The molecule has 1 unspecified atom stereocenters. The molecule has 132 valence electrons. The third kappa shape index (κ3) is 1.76. The highest BCUT2D eigenvalue weighted by atomic mass is 16.8. The number of aromatic hydroxyl groups is 1. The van der Waals surface area contributed by atoms with Crippen molar-refractivity contribution in [2.45, 2.75) is 19.0 Å². The fourth-order valence-corrected chi connectivity index (χ4v) is 4.14. The number of aryl methyl sites for hydroxylation is 1. The lowest BCUT2D eigenvalue weighted by molar-refractivity contribution is -0.238. The minimum Gasteiger partial charge on any atom is -0.507 e. The summed E-state index contributed by atoms with van der Waals surface area (Å²) >= 11 is 0. The van der Waals surface area contributed by atoms with Crippen molar-refractivity contribution < 1.29 is 24.1 Å². The highest BCUT2D eigenvalue weighted by molar-refractivity contribution is 5.97. The van der Waals surface area contributed by atoms with Gasteiger partial charge in [-0.15, -0.1) is 0 Å². The van der Waals surface area contributed by atoms with E-state index >= 15 is 0 Å². The molecule has 0 bridgehead atoms. The van der Waals surface area contributed by atoms with Crippen molar-refractivity contribution in [2.75, 3.05) is 14.2 Å². The van der Waals surface area contributed by atoms with E-state index in [1.807, 2.05) is 37.3 Å². The average Bonchev–Trinajstić information content (AvgIpc) is 3.14. The number of ether oxygens (including phenoxy) is 4. The van der Waals surface area contributed by atoms with Gasteiger partial charge in [-0.1, -0.05) is 24.3 Å². The van der Waals surface area contributed by atoms with E-state index in [0.717, 1.165) is 27.5 Å². The fraction of sp³-hybridized carbons (Fsp3) is 0.238. The molecule has 26 heavy (non-hydrogen) atoms. The molecule has 3 aromatic rings. The topological polar surface area (TPSA) is 57.2 Å². The Hall–Kier alpha value is -2.76. The smallest absolute Gasteiger partial charge is 0.271 e. The summed E-state index contributed by atoms with van der Waals surface area (Å²) < 4.78 is 23.7. The summed E-state index contributed by atoms with van der Waals surface area (Å²) in [6, 6.07) is 13.3. The molecule has 5 heteroatoms. The molecule has 5 rings (SSSR count). The quantitative estimate of drug-likeness (QED) is 0.753. The second-order valence-corrected chi connectivity index (χ2v) is 6.65. The number of phenolic OH excluding ortho intramolecular Hbond substituents is 1. The molecular weight excluding hydrogens is 332 g/mol. The van der Waals surface area contributed by atoms with Gasteiger partial charge in [0.25, 0.3) is 5.79 Å². The monoisotopic (exact) mass is 350 g/mol. The lowest BCUT2D eigenvalue weighted by Crippen LogP contribution is -2.31. The predicted molar refractivity (Wildman–Crippen MR) is 95.6 cm³/mol. The van der Waals surface area contributed by atoms with Crippen molar-refractivity contribution in [3.05, 3.63) is 64.7 Å².